The molecular formula is C23H23N3O3. The molecule has 0 spiro atoms. The summed E-state index contributed by atoms with van der Waals surface area (Å²) in [6.45, 7) is 4.42. The molecule has 0 atom stereocenters. The van der Waals surface area contributed by atoms with Gasteiger partial charge in [0.05, 0.1) is 30.2 Å². The third-order valence-corrected chi connectivity index (χ3v) is 5.66. The van der Waals surface area contributed by atoms with Crippen LogP contribution in [-0.4, -0.2) is 60.5 Å². The van der Waals surface area contributed by atoms with Crippen LogP contribution in [0.15, 0.2) is 48.5 Å². The van der Waals surface area contributed by atoms with E-state index >= 15 is 0 Å². The summed E-state index contributed by atoms with van der Waals surface area (Å²) < 4.78 is 10.8. The Morgan fingerprint density at radius 2 is 1.90 bits per heavy atom. The predicted octanol–water partition coefficient (Wildman–Crippen LogP) is 3.14. The summed E-state index contributed by atoms with van der Waals surface area (Å²) in [6.07, 6.45) is 0.878. The number of ether oxygens (including phenoxy) is 2. The number of aromatic nitrogens is 2. The topological polar surface area (TPSA) is 67.4 Å². The minimum atomic E-state index is -0.288. The Morgan fingerprint density at radius 3 is 2.72 bits per heavy atom. The van der Waals surface area contributed by atoms with Crippen LogP contribution in [0.5, 0.6) is 0 Å². The molecule has 1 aromatic heterocycles. The molecule has 0 saturated carbocycles. The van der Waals surface area contributed by atoms with Gasteiger partial charge in [-0.3, -0.25) is 10.00 Å². The molecule has 29 heavy (non-hydrogen) atoms. The molecule has 6 heteroatoms. The van der Waals surface area contributed by atoms with Crippen molar-refractivity contribution >= 4 is 5.97 Å². The molecule has 1 N–H and O–H groups in total. The quantitative estimate of drug-likeness (QED) is 0.531. The number of hydrogen-bond acceptors (Lipinski definition) is 5. The molecule has 6 nitrogen and oxygen atoms in total. The third-order valence-electron chi connectivity index (χ3n) is 5.66. The summed E-state index contributed by atoms with van der Waals surface area (Å²) in [5.41, 5.74) is 7.36. The largest absolute Gasteiger partial charge is 0.461 e. The Labute approximate surface area is 169 Å². The highest BCUT2D eigenvalue weighted by Gasteiger charge is 2.24. The number of esters is 1. The average Bonchev–Trinajstić information content (AvgIpc) is 3.34. The summed E-state index contributed by atoms with van der Waals surface area (Å²) in [5.74, 6) is -0.288. The van der Waals surface area contributed by atoms with E-state index in [1.165, 1.54) is 16.7 Å². The number of nitrogens with zero attached hydrogens (tertiary/aromatic N) is 2. The number of hydrogen-bond donors (Lipinski definition) is 1. The number of nitrogens with one attached hydrogen (secondary N) is 1. The molecule has 1 saturated heterocycles. The normalized spacial score (nSPS) is 15.7. The summed E-state index contributed by atoms with van der Waals surface area (Å²) >= 11 is 0. The van der Waals surface area contributed by atoms with Crippen LogP contribution in [0.4, 0.5) is 0 Å². The van der Waals surface area contributed by atoms with E-state index in [0.717, 1.165) is 56.2 Å². The highest BCUT2D eigenvalue weighted by atomic mass is 16.5. The van der Waals surface area contributed by atoms with Gasteiger partial charge < -0.3 is 9.47 Å². The molecule has 1 aliphatic carbocycles. The Bertz CT molecular complexity index is 1020. The minimum absolute atomic E-state index is 0.288. The van der Waals surface area contributed by atoms with Crippen molar-refractivity contribution < 1.29 is 14.3 Å². The fourth-order valence-corrected chi connectivity index (χ4v) is 4.05. The molecule has 1 aliphatic heterocycles. The Kier molecular flexibility index (Phi) is 4.87. The second-order valence-corrected chi connectivity index (χ2v) is 7.43. The van der Waals surface area contributed by atoms with E-state index in [9.17, 15) is 4.79 Å². The number of fused-ring (bicyclic) bond motifs is 3. The van der Waals surface area contributed by atoms with Gasteiger partial charge >= 0.3 is 5.97 Å². The van der Waals surface area contributed by atoms with Crippen molar-refractivity contribution in [2.24, 2.45) is 0 Å². The van der Waals surface area contributed by atoms with Crippen molar-refractivity contribution in [1.82, 2.24) is 15.1 Å². The zero-order valence-corrected chi connectivity index (χ0v) is 16.2. The minimum Gasteiger partial charge on any atom is -0.461 e. The van der Waals surface area contributed by atoms with Crippen LogP contribution >= 0.6 is 0 Å². The van der Waals surface area contributed by atoms with E-state index in [-0.39, 0.29) is 5.97 Å². The average molecular weight is 389 g/mol. The van der Waals surface area contributed by atoms with Gasteiger partial charge in [0.2, 0.25) is 0 Å². The molecule has 0 bridgehead atoms. The zero-order chi connectivity index (χ0) is 19.6. The standard InChI is InChI=1S/C23H23N3O3/c27-23(29-14-11-26-9-12-28-13-10-26)17-7-5-16(6-8-17)21-20-15-18-3-1-2-4-19(18)22(20)25-24-21/h1-8H,9-15H2,(H,24,25). The van der Waals surface area contributed by atoms with Gasteiger partial charge in [0, 0.05) is 42.7 Å². The van der Waals surface area contributed by atoms with Gasteiger partial charge in [-0.05, 0) is 17.7 Å². The first kappa shape index (κ1) is 18.1. The summed E-state index contributed by atoms with van der Waals surface area (Å²) in [5, 5.41) is 7.71. The SMILES string of the molecule is O=C(OCCN1CCOCC1)c1ccc(-c2n[nH]c3c2Cc2ccccc2-3)cc1. The molecule has 148 valence electrons. The fraction of sp³-hybridized carbons (Fsp3) is 0.304. The molecule has 0 radical (unpaired) electrons. The molecule has 0 amide bonds. The molecular weight excluding hydrogens is 366 g/mol. The number of aromatic amines is 1. The van der Waals surface area contributed by atoms with Gasteiger partial charge in [-0.15, -0.1) is 0 Å². The second-order valence-electron chi connectivity index (χ2n) is 7.43. The number of benzene rings is 2. The summed E-state index contributed by atoms with van der Waals surface area (Å²) in [7, 11) is 0. The van der Waals surface area contributed by atoms with Gasteiger partial charge in [-0.1, -0.05) is 36.4 Å². The van der Waals surface area contributed by atoms with Crippen molar-refractivity contribution in [1.29, 1.82) is 0 Å². The van der Waals surface area contributed by atoms with Crippen LogP contribution in [0.25, 0.3) is 22.5 Å². The smallest absolute Gasteiger partial charge is 0.338 e. The van der Waals surface area contributed by atoms with Crippen LogP contribution in [0.1, 0.15) is 21.5 Å². The molecule has 2 aliphatic rings. The highest BCUT2D eigenvalue weighted by Crippen LogP contribution is 2.39. The van der Waals surface area contributed by atoms with Crippen LogP contribution in [0.3, 0.4) is 0 Å². The van der Waals surface area contributed by atoms with Crippen LogP contribution in [0, 0.1) is 0 Å². The highest BCUT2D eigenvalue weighted by molar-refractivity contribution is 5.90. The van der Waals surface area contributed by atoms with Crippen molar-refractivity contribution in [3.8, 4) is 22.5 Å². The number of carbonyl (C=O) groups is 1. The van der Waals surface area contributed by atoms with Gasteiger partial charge in [0.15, 0.2) is 0 Å². The maximum absolute atomic E-state index is 12.3. The van der Waals surface area contributed by atoms with Crippen molar-refractivity contribution in [2.45, 2.75) is 6.42 Å². The lowest BCUT2D eigenvalue weighted by Crippen LogP contribution is -2.38. The van der Waals surface area contributed by atoms with Gasteiger partial charge in [0.1, 0.15) is 6.61 Å². The summed E-state index contributed by atoms with van der Waals surface area (Å²) in [4.78, 5) is 14.6. The number of carbonyl (C=O) groups excluding carboxylic acids is 1. The molecule has 5 rings (SSSR count). The van der Waals surface area contributed by atoms with Crippen LogP contribution in [-0.2, 0) is 15.9 Å². The lowest BCUT2D eigenvalue weighted by atomic mass is 10.0. The van der Waals surface area contributed by atoms with E-state index < -0.39 is 0 Å². The van der Waals surface area contributed by atoms with E-state index in [1.54, 1.807) is 0 Å². The maximum atomic E-state index is 12.3. The second kappa shape index (κ2) is 7.81. The molecule has 3 aromatic rings. The Morgan fingerprint density at radius 1 is 1.10 bits per heavy atom. The first-order chi connectivity index (χ1) is 14.3. The number of H-pyrrole nitrogens is 1. The number of rotatable bonds is 5. The molecule has 2 aromatic carbocycles. The van der Waals surface area contributed by atoms with Crippen molar-refractivity contribution in [2.75, 3.05) is 39.5 Å². The fourth-order valence-electron chi connectivity index (χ4n) is 4.05. The van der Waals surface area contributed by atoms with Crippen LogP contribution in [0.2, 0.25) is 0 Å². The van der Waals surface area contributed by atoms with E-state index in [2.05, 4.69) is 33.3 Å². The van der Waals surface area contributed by atoms with Gasteiger partial charge in [0.25, 0.3) is 0 Å². The molecule has 2 heterocycles. The van der Waals surface area contributed by atoms with Crippen LogP contribution < -0.4 is 0 Å². The monoisotopic (exact) mass is 389 g/mol. The van der Waals surface area contributed by atoms with Gasteiger partial charge in [-0.25, -0.2) is 4.79 Å². The first-order valence-corrected chi connectivity index (χ1v) is 10.0. The predicted molar refractivity (Wildman–Crippen MR) is 110 cm³/mol. The zero-order valence-electron chi connectivity index (χ0n) is 16.2. The van der Waals surface area contributed by atoms with Crippen molar-refractivity contribution in [3.63, 3.8) is 0 Å². The molecule has 1 fully saturated rings. The van der Waals surface area contributed by atoms with Crippen molar-refractivity contribution in [3.05, 3.63) is 65.2 Å². The van der Waals surface area contributed by atoms with Gasteiger partial charge in [-0.2, -0.15) is 5.10 Å². The molecule has 0 unspecified atom stereocenters. The Balaban J connectivity index is 1.24. The Hall–Kier alpha value is -2.96. The summed E-state index contributed by atoms with van der Waals surface area (Å²) in [6, 6.07) is 15.9. The lowest BCUT2D eigenvalue weighted by Gasteiger charge is -2.26. The first-order valence-electron chi connectivity index (χ1n) is 10.0. The van der Waals surface area contributed by atoms with E-state index in [4.69, 9.17) is 9.47 Å². The van der Waals surface area contributed by atoms with E-state index in [0.29, 0.717) is 12.2 Å². The van der Waals surface area contributed by atoms with E-state index in [1.807, 2.05) is 30.3 Å². The third kappa shape index (κ3) is 3.57. The lowest BCUT2D eigenvalue weighted by molar-refractivity contribution is 0.0195. The maximum Gasteiger partial charge on any atom is 0.338 e. The number of morpholine rings is 1.